The Morgan fingerprint density at radius 3 is 2.45 bits per heavy atom. The first-order chi connectivity index (χ1) is 10.3. The third-order valence-corrected chi connectivity index (χ3v) is 9.04. The predicted molar refractivity (Wildman–Crippen MR) is 87.4 cm³/mol. The number of aliphatic hydroxyl groups is 1. The van der Waals surface area contributed by atoms with E-state index in [0.717, 1.165) is 37.5 Å². The fourth-order valence-corrected chi connectivity index (χ4v) is 7.29. The van der Waals surface area contributed by atoms with Crippen LogP contribution in [-0.2, 0) is 4.79 Å². The van der Waals surface area contributed by atoms with E-state index in [1.54, 1.807) is 0 Å². The molecule has 124 valence electrons. The van der Waals surface area contributed by atoms with Gasteiger partial charge in [-0.25, -0.2) is 0 Å². The molecule has 4 aliphatic rings. The van der Waals surface area contributed by atoms with Crippen molar-refractivity contribution in [1.29, 1.82) is 0 Å². The number of fused-ring (bicyclic) bond motifs is 5. The van der Waals surface area contributed by atoms with Gasteiger partial charge >= 0.3 is 0 Å². The van der Waals surface area contributed by atoms with E-state index >= 15 is 0 Å². The highest BCUT2D eigenvalue weighted by molar-refractivity contribution is 5.79. The van der Waals surface area contributed by atoms with Crippen LogP contribution < -0.4 is 0 Å². The van der Waals surface area contributed by atoms with Crippen molar-refractivity contribution < 1.29 is 9.90 Å². The highest BCUT2D eigenvalue weighted by Gasteiger charge is 2.63. The van der Waals surface area contributed by atoms with Crippen molar-refractivity contribution in [2.75, 3.05) is 0 Å². The van der Waals surface area contributed by atoms with E-state index in [1.165, 1.54) is 32.1 Å². The fourth-order valence-electron chi connectivity index (χ4n) is 7.29. The number of carbonyl (C=O) groups excluding carboxylic acids is 1. The standard InChI is InChI=1S/C20H32O2/c1-18-9-6-14(21)12-13(18)4-5-15-16(18)7-10-19(2)17(15)8-11-20(19,3)22/h13,15-17,22H,4-12H2,1-3H3/t13-,15+,16-,17-,18+,19+,20+/m1/s1. The average Bonchev–Trinajstić information content (AvgIpc) is 2.70. The first-order valence-corrected chi connectivity index (χ1v) is 9.52. The molecule has 0 aromatic rings. The van der Waals surface area contributed by atoms with E-state index in [-0.39, 0.29) is 5.41 Å². The summed E-state index contributed by atoms with van der Waals surface area (Å²) in [6.07, 6.45) is 9.98. The summed E-state index contributed by atoms with van der Waals surface area (Å²) in [7, 11) is 0. The molecule has 0 unspecified atom stereocenters. The maximum atomic E-state index is 11.9. The Morgan fingerprint density at radius 1 is 0.955 bits per heavy atom. The highest BCUT2D eigenvalue weighted by atomic mass is 16.3. The van der Waals surface area contributed by atoms with Crippen molar-refractivity contribution in [2.24, 2.45) is 34.5 Å². The Hall–Kier alpha value is -0.370. The summed E-state index contributed by atoms with van der Waals surface area (Å²) in [6.45, 7) is 6.94. The zero-order chi connectivity index (χ0) is 15.8. The number of hydrogen-bond acceptors (Lipinski definition) is 2. The first-order valence-electron chi connectivity index (χ1n) is 9.52. The van der Waals surface area contributed by atoms with Gasteiger partial charge in [0.2, 0.25) is 0 Å². The molecule has 0 amide bonds. The molecule has 1 N–H and O–H groups in total. The van der Waals surface area contributed by atoms with Crippen LogP contribution in [-0.4, -0.2) is 16.5 Å². The molecule has 7 atom stereocenters. The lowest BCUT2D eigenvalue weighted by atomic mass is 9.44. The number of carbonyl (C=O) groups is 1. The maximum Gasteiger partial charge on any atom is 0.133 e. The van der Waals surface area contributed by atoms with Crippen LogP contribution in [0.4, 0.5) is 0 Å². The zero-order valence-corrected chi connectivity index (χ0v) is 14.5. The lowest BCUT2D eigenvalue weighted by molar-refractivity contribution is -0.152. The Balaban J connectivity index is 1.65. The minimum absolute atomic E-state index is 0.127. The zero-order valence-electron chi connectivity index (χ0n) is 14.5. The van der Waals surface area contributed by atoms with Crippen LogP contribution in [0.2, 0.25) is 0 Å². The smallest absolute Gasteiger partial charge is 0.133 e. The van der Waals surface area contributed by atoms with Gasteiger partial charge in [-0.1, -0.05) is 13.8 Å². The number of ketones is 1. The summed E-state index contributed by atoms with van der Waals surface area (Å²) in [5.41, 5.74) is 0.0530. The van der Waals surface area contributed by atoms with Gasteiger partial charge in [-0.2, -0.15) is 0 Å². The predicted octanol–water partition coefficient (Wildman–Crippen LogP) is 4.35. The van der Waals surface area contributed by atoms with Crippen molar-refractivity contribution in [1.82, 2.24) is 0 Å². The molecule has 4 fully saturated rings. The van der Waals surface area contributed by atoms with Crippen LogP contribution in [0.1, 0.15) is 78.6 Å². The van der Waals surface area contributed by atoms with Gasteiger partial charge in [0.15, 0.2) is 0 Å². The minimum atomic E-state index is -0.469. The van der Waals surface area contributed by atoms with Crippen LogP contribution >= 0.6 is 0 Å². The molecule has 0 spiro atoms. The summed E-state index contributed by atoms with van der Waals surface area (Å²) in [4.78, 5) is 11.9. The Bertz CT molecular complexity index is 496. The van der Waals surface area contributed by atoms with E-state index in [4.69, 9.17) is 0 Å². The molecule has 0 bridgehead atoms. The molecule has 0 aliphatic heterocycles. The van der Waals surface area contributed by atoms with Crippen molar-refractivity contribution in [3.8, 4) is 0 Å². The minimum Gasteiger partial charge on any atom is -0.390 e. The molecule has 4 saturated carbocycles. The summed E-state index contributed by atoms with van der Waals surface area (Å²) < 4.78 is 0. The lowest BCUT2D eigenvalue weighted by Gasteiger charge is -2.60. The topological polar surface area (TPSA) is 37.3 Å². The van der Waals surface area contributed by atoms with Crippen molar-refractivity contribution >= 4 is 5.78 Å². The lowest BCUT2D eigenvalue weighted by Crippen LogP contribution is -2.55. The van der Waals surface area contributed by atoms with Crippen LogP contribution in [0.15, 0.2) is 0 Å². The van der Waals surface area contributed by atoms with E-state index in [1.807, 2.05) is 0 Å². The van der Waals surface area contributed by atoms with Crippen molar-refractivity contribution in [3.63, 3.8) is 0 Å². The second kappa shape index (κ2) is 4.59. The third-order valence-electron chi connectivity index (χ3n) is 9.04. The third kappa shape index (κ3) is 1.79. The van der Waals surface area contributed by atoms with Gasteiger partial charge in [0.1, 0.15) is 5.78 Å². The van der Waals surface area contributed by atoms with E-state index in [0.29, 0.717) is 23.0 Å². The van der Waals surface area contributed by atoms with Gasteiger partial charge in [0.25, 0.3) is 0 Å². The molecule has 0 radical (unpaired) electrons. The molecule has 2 heteroatoms. The quantitative estimate of drug-likeness (QED) is 0.722. The largest absolute Gasteiger partial charge is 0.390 e. The molecular formula is C20H32O2. The Morgan fingerprint density at radius 2 is 1.68 bits per heavy atom. The van der Waals surface area contributed by atoms with E-state index in [9.17, 15) is 9.90 Å². The number of rotatable bonds is 0. The highest BCUT2D eigenvalue weighted by Crippen LogP contribution is 2.67. The molecular weight excluding hydrogens is 272 g/mol. The molecule has 2 nitrogen and oxygen atoms in total. The van der Waals surface area contributed by atoms with Gasteiger partial charge in [0, 0.05) is 12.8 Å². The number of hydrogen-bond donors (Lipinski definition) is 1. The van der Waals surface area contributed by atoms with Crippen LogP contribution in [0.25, 0.3) is 0 Å². The van der Waals surface area contributed by atoms with Crippen LogP contribution in [0, 0.1) is 34.5 Å². The van der Waals surface area contributed by atoms with Gasteiger partial charge in [-0.3, -0.25) is 4.79 Å². The summed E-state index contributed by atoms with van der Waals surface area (Å²) in [5, 5.41) is 10.9. The SMILES string of the molecule is C[C@]12CCC(=O)C[C@H]1CC[C@H]1[C@H]2CC[C@@]2(C)[C@@H]1CC[C@]2(C)O. The Kier molecular flexibility index (Phi) is 3.16. The summed E-state index contributed by atoms with van der Waals surface area (Å²) in [6, 6.07) is 0. The monoisotopic (exact) mass is 304 g/mol. The molecule has 4 aliphatic carbocycles. The van der Waals surface area contributed by atoms with Crippen molar-refractivity contribution in [2.45, 2.75) is 84.2 Å². The second-order valence-electron chi connectivity index (χ2n) is 9.67. The molecule has 4 rings (SSSR count). The second-order valence-corrected chi connectivity index (χ2v) is 9.67. The van der Waals surface area contributed by atoms with Crippen LogP contribution in [0.3, 0.4) is 0 Å². The summed E-state index contributed by atoms with van der Waals surface area (Å²) in [5.74, 6) is 3.44. The van der Waals surface area contributed by atoms with Crippen LogP contribution in [0.5, 0.6) is 0 Å². The van der Waals surface area contributed by atoms with Crippen molar-refractivity contribution in [3.05, 3.63) is 0 Å². The van der Waals surface area contributed by atoms with Gasteiger partial charge < -0.3 is 5.11 Å². The molecule has 22 heavy (non-hydrogen) atoms. The number of Topliss-reactive ketones (excluding diaryl/α,β-unsaturated/α-hetero) is 1. The van der Waals surface area contributed by atoms with E-state index in [2.05, 4.69) is 20.8 Å². The van der Waals surface area contributed by atoms with Gasteiger partial charge in [-0.05, 0) is 86.4 Å². The van der Waals surface area contributed by atoms with E-state index < -0.39 is 5.60 Å². The molecule has 0 heterocycles. The summed E-state index contributed by atoms with van der Waals surface area (Å²) >= 11 is 0. The molecule has 0 aromatic heterocycles. The molecule has 0 saturated heterocycles. The first kappa shape index (κ1) is 15.2. The van der Waals surface area contributed by atoms with Gasteiger partial charge in [-0.15, -0.1) is 0 Å². The maximum absolute atomic E-state index is 11.9. The van der Waals surface area contributed by atoms with Gasteiger partial charge in [0.05, 0.1) is 5.60 Å². The molecule has 0 aromatic carbocycles. The Labute approximate surface area is 135 Å². The average molecular weight is 304 g/mol. The fraction of sp³-hybridized carbons (Fsp3) is 0.950. The normalized spacial score (nSPS) is 57.9.